The zero-order chi connectivity index (χ0) is 19.5. The number of rotatable bonds is 9. The lowest BCUT2D eigenvalue weighted by Gasteiger charge is -2.12. The molecule has 0 aromatic heterocycles. The molecule has 0 bridgehead atoms. The molecule has 0 aliphatic heterocycles. The topological polar surface area (TPSA) is 72.0 Å². The maximum absolute atomic E-state index is 11.9. The Morgan fingerprint density at radius 3 is 2.74 bits per heavy atom. The SMILES string of the molecule is CCCCOc1ccc(/C=N\NC(=O)Nc2cccc(Cl)c2)cc1OCC. The molecule has 0 atom stereocenters. The van der Waals surface area contributed by atoms with Crippen LogP contribution >= 0.6 is 11.6 Å². The van der Waals surface area contributed by atoms with Crippen LogP contribution in [0.1, 0.15) is 32.3 Å². The van der Waals surface area contributed by atoms with Crippen LogP contribution < -0.4 is 20.2 Å². The number of hydrogen-bond donors (Lipinski definition) is 2. The van der Waals surface area contributed by atoms with Crippen LogP contribution in [0.3, 0.4) is 0 Å². The Labute approximate surface area is 164 Å². The van der Waals surface area contributed by atoms with Crippen LogP contribution in [0.5, 0.6) is 11.5 Å². The maximum Gasteiger partial charge on any atom is 0.339 e. The molecule has 0 saturated heterocycles. The highest BCUT2D eigenvalue weighted by atomic mass is 35.5. The second-order valence-corrected chi connectivity index (χ2v) is 6.11. The molecule has 6 nitrogen and oxygen atoms in total. The molecule has 7 heteroatoms. The van der Waals surface area contributed by atoms with Gasteiger partial charge in [-0.15, -0.1) is 0 Å². The summed E-state index contributed by atoms with van der Waals surface area (Å²) in [6.45, 7) is 5.21. The van der Waals surface area contributed by atoms with Gasteiger partial charge < -0.3 is 14.8 Å². The lowest BCUT2D eigenvalue weighted by molar-refractivity contribution is 0.252. The molecule has 27 heavy (non-hydrogen) atoms. The number of ether oxygens (including phenoxy) is 2. The first-order valence-electron chi connectivity index (χ1n) is 8.87. The third-order valence-electron chi connectivity index (χ3n) is 3.49. The minimum absolute atomic E-state index is 0.460. The second-order valence-electron chi connectivity index (χ2n) is 5.68. The number of hydrogen-bond acceptors (Lipinski definition) is 4. The normalized spacial score (nSPS) is 10.6. The quantitative estimate of drug-likeness (QED) is 0.357. The zero-order valence-corrected chi connectivity index (χ0v) is 16.3. The van der Waals surface area contributed by atoms with Gasteiger partial charge in [-0.2, -0.15) is 5.10 Å². The van der Waals surface area contributed by atoms with Crippen molar-refractivity contribution in [1.82, 2.24) is 5.43 Å². The average molecular weight is 390 g/mol. The Balaban J connectivity index is 1.94. The van der Waals surface area contributed by atoms with Gasteiger partial charge in [0.2, 0.25) is 0 Å². The second kappa shape index (κ2) is 11.1. The van der Waals surface area contributed by atoms with Crippen LogP contribution in [0.15, 0.2) is 47.6 Å². The van der Waals surface area contributed by atoms with Crippen molar-refractivity contribution in [2.45, 2.75) is 26.7 Å². The first-order valence-corrected chi connectivity index (χ1v) is 9.25. The van der Waals surface area contributed by atoms with Gasteiger partial charge >= 0.3 is 6.03 Å². The monoisotopic (exact) mass is 389 g/mol. The summed E-state index contributed by atoms with van der Waals surface area (Å²) in [7, 11) is 0. The maximum atomic E-state index is 11.9. The van der Waals surface area contributed by atoms with Crippen LogP contribution in [-0.2, 0) is 0 Å². The van der Waals surface area contributed by atoms with Gasteiger partial charge in [0, 0.05) is 10.7 Å². The Bertz CT molecular complexity index is 781. The third kappa shape index (κ3) is 7.19. The number of urea groups is 1. The molecule has 144 valence electrons. The molecular formula is C20H24ClN3O3. The molecule has 0 fully saturated rings. The summed E-state index contributed by atoms with van der Waals surface area (Å²) in [5.41, 5.74) is 3.78. The molecule has 2 aromatic rings. The number of carbonyl (C=O) groups excluding carboxylic acids is 1. The minimum Gasteiger partial charge on any atom is -0.490 e. The van der Waals surface area contributed by atoms with Crippen molar-refractivity contribution < 1.29 is 14.3 Å². The highest BCUT2D eigenvalue weighted by molar-refractivity contribution is 6.30. The molecule has 0 unspecified atom stereocenters. The molecule has 0 aliphatic carbocycles. The Hall–Kier alpha value is -2.73. The number of nitrogens with one attached hydrogen (secondary N) is 2. The standard InChI is InChI=1S/C20H24ClN3O3/c1-3-5-11-27-18-10-9-15(12-19(18)26-4-2)14-22-24-20(25)23-17-8-6-7-16(21)13-17/h6-10,12-14H,3-5,11H2,1-2H3,(H2,23,24,25)/b22-14-. The van der Waals surface area contributed by atoms with Gasteiger partial charge in [0.05, 0.1) is 19.4 Å². The number of nitrogens with zero attached hydrogens (tertiary/aromatic N) is 1. The average Bonchev–Trinajstić information content (AvgIpc) is 2.64. The van der Waals surface area contributed by atoms with Gasteiger partial charge in [-0.3, -0.25) is 0 Å². The van der Waals surface area contributed by atoms with E-state index in [2.05, 4.69) is 22.8 Å². The van der Waals surface area contributed by atoms with Crippen LogP contribution in [0.2, 0.25) is 5.02 Å². The highest BCUT2D eigenvalue weighted by Gasteiger charge is 2.06. The molecule has 0 heterocycles. The molecule has 2 aromatic carbocycles. The summed E-state index contributed by atoms with van der Waals surface area (Å²) in [5, 5.41) is 7.14. The van der Waals surface area contributed by atoms with Crippen molar-refractivity contribution in [2.24, 2.45) is 5.10 Å². The Morgan fingerprint density at radius 1 is 1.15 bits per heavy atom. The van der Waals surface area contributed by atoms with E-state index in [1.165, 1.54) is 6.21 Å². The first kappa shape index (κ1) is 20.6. The van der Waals surface area contributed by atoms with Crippen LogP contribution in [0.4, 0.5) is 10.5 Å². The minimum atomic E-state index is -0.460. The van der Waals surface area contributed by atoms with Gasteiger partial charge in [0.25, 0.3) is 0 Å². The lowest BCUT2D eigenvalue weighted by Crippen LogP contribution is -2.24. The number of hydrazone groups is 1. The number of halogens is 1. The van der Waals surface area contributed by atoms with E-state index in [1.54, 1.807) is 24.3 Å². The van der Waals surface area contributed by atoms with Crippen LogP contribution in [0, 0.1) is 0 Å². The predicted molar refractivity (Wildman–Crippen MR) is 109 cm³/mol. The number of anilines is 1. The number of carbonyl (C=O) groups is 1. The summed E-state index contributed by atoms with van der Waals surface area (Å²) in [5.74, 6) is 1.36. The molecule has 0 spiro atoms. The smallest absolute Gasteiger partial charge is 0.339 e. The summed E-state index contributed by atoms with van der Waals surface area (Å²) in [4.78, 5) is 11.9. The lowest BCUT2D eigenvalue weighted by atomic mass is 10.2. The molecule has 0 radical (unpaired) electrons. The molecular weight excluding hydrogens is 366 g/mol. The largest absolute Gasteiger partial charge is 0.490 e. The number of benzene rings is 2. The molecule has 0 aliphatic rings. The van der Waals surface area contributed by atoms with Crippen molar-refractivity contribution >= 4 is 29.5 Å². The fourth-order valence-electron chi connectivity index (χ4n) is 2.21. The van der Waals surface area contributed by atoms with E-state index >= 15 is 0 Å². The third-order valence-corrected chi connectivity index (χ3v) is 3.72. The number of unbranched alkanes of at least 4 members (excludes halogenated alkanes) is 1. The Morgan fingerprint density at radius 2 is 2.00 bits per heavy atom. The van der Waals surface area contributed by atoms with Crippen LogP contribution in [-0.4, -0.2) is 25.5 Å². The van der Waals surface area contributed by atoms with E-state index in [-0.39, 0.29) is 0 Å². The van der Waals surface area contributed by atoms with Gasteiger partial charge in [-0.25, -0.2) is 10.2 Å². The van der Waals surface area contributed by atoms with Crippen molar-refractivity contribution in [2.75, 3.05) is 18.5 Å². The molecule has 0 saturated carbocycles. The summed E-state index contributed by atoms with van der Waals surface area (Å²) < 4.78 is 11.4. The molecule has 2 rings (SSSR count). The van der Waals surface area contributed by atoms with Crippen molar-refractivity contribution in [3.63, 3.8) is 0 Å². The van der Waals surface area contributed by atoms with Crippen molar-refractivity contribution in [1.29, 1.82) is 0 Å². The van der Waals surface area contributed by atoms with Crippen LogP contribution in [0.25, 0.3) is 0 Å². The highest BCUT2D eigenvalue weighted by Crippen LogP contribution is 2.28. The summed E-state index contributed by atoms with van der Waals surface area (Å²) in [6.07, 6.45) is 3.59. The Kier molecular flexibility index (Phi) is 8.45. The molecule has 2 N–H and O–H groups in total. The van der Waals surface area contributed by atoms with E-state index in [0.29, 0.717) is 35.4 Å². The van der Waals surface area contributed by atoms with Gasteiger partial charge in [-0.05, 0) is 55.3 Å². The predicted octanol–water partition coefficient (Wildman–Crippen LogP) is 5.07. The van der Waals surface area contributed by atoms with E-state index in [1.807, 2.05) is 25.1 Å². The summed E-state index contributed by atoms with van der Waals surface area (Å²) in [6, 6.07) is 11.9. The van der Waals surface area contributed by atoms with Gasteiger partial charge in [0.1, 0.15) is 0 Å². The van der Waals surface area contributed by atoms with Crippen molar-refractivity contribution in [3.05, 3.63) is 53.1 Å². The van der Waals surface area contributed by atoms with E-state index in [4.69, 9.17) is 21.1 Å². The van der Waals surface area contributed by atoms with Crippen molar-refractivity contribution in [3.8, 4) is 11.5 Å². The van der Waals surface area contributed by atoms with E-state index < -0.39 is 6.03 Å². The first-order chi connectivity index (χ1) is 13.1. The fourth-order valence-corrected chi connectivity index (χ4v) is 2.40. The van der Waals surface area contributed by atoms with Gasteiger partial charge in [0.15, 0.2) is 11.5 Å². The summed E-state index contributed by atoms with van der Waals surface area (Å²) >= 11 is 5.88. The van der Waals surface area contributed by atoms with E-state index in [9.17, 15) is 4.79 Å². The fraction of sp³-hybridized carbons (Fsp3) is 0.300. The number of amides is 2. The zero-order valence-electron chi connectivity index (χ0n) is 15.5. The van der Waals surface area contributed by atoms with Gasteiger partial charge in [-0.1, -0.05) is 31.0 Å². The molecule has 2 amide bonds. The van der Waals surface area contributed by atoms with E-state index in [0.717, 1.165) is 18.4 Å².